The number of nitro benzene ring substituents is 1. The van der Waals surface area contributed by atoms with Gasteiger partial charge in [0, 0.05) is 18.2 Å². The molecule has 0 spiro atoms. The quantitative estimate of drug-likeness (QED) is 0.644. The van der Waals surface area contributed by atoms with E-state index in [4.69, 9.17) is 10.00 Å². The van der Waals surface area contributed by atoms with Crippen molar-refractivity contribution in [1.29, 1.82) is 5.26 Å². The summed E-state index contributed by atoms with van der Waals surface area (Å²) in [6, 6.07) is 6.27. The summed E-state index contributed by atoms with van der Waals surface area (Å²) in [5.41, 5.74) is 0.0973. The highest BCUT2D eigenvalue weighted by Crippen LogP contribution is 2.23. The highest BCUT2D eigenvalue weighted by Gasteiger charge is 2.16. The van der Waals surface area contributed by atoms with Crippen LogP contribution in [0.15, 0.2) is 18.2 Å². The van der Waals surface area contributed by atoms with Gasteiger partial charge in [-0.2, -0.15) is 5.26 Å². The fourth-order valence-electron chi connectivity index (χ4n) is 1.93. The van der Waals surface area contributed by atoms with E-state index in [0.29, 0.717) is 18.4 Å². The first-order valence-electron chi connectivity index (χ1n) is 5.75. The third-order valence-corrected chi connectivity index (χ3v) is 2.90. The van der Waals surface area contributed by atoms with E-state index >= 15 is 0 Å². The molecule has 1 unspecified atom stereocenters. The lowest BCUT2D eigenvalue weighted by Crippen LogP contribution is -2.28. The minimum absolute atomic E-state index is 0.0992. The van der Waals surface area contributed by atoms with Crippen LogP contribution in [0.4, 0.5) is 5.69 Å². The Labute approximate surface area is 104 Å². The number of nitrogens with zero attached hydrogens (tertiary/aromatic N) is 2. The number of hydrogen-bond acceptors (Lipinski definition) is 5. The zero-order valence-corrected chi connectivity index (χ0v) is 9.76. The smallest absolute Gasteiger partial charge is 0.271 e. The number of ether oxygens (including phenoxy) is 1. The van der Waals surface area contributed by atoms with Crippen LogP contribution in [0.3, 0.4) is 0 Å². The predicted octanol–water partition coefficient (Wildman–Crippen LogP) is 1.60. The van der Waals surface area contributed by atoms with Crippen molar-refractivity contribution < 1.29 is 9.66 Å². The molecule has 1 saturated heterocycles. The Morgan fingerprint density at radius 1 is 1.61 bits per heavy atom. The molecule has 0 amide bonds. The first-order valence-corrected chi connectivity index (χ1v) is 5.75. The van der Waals surface area contributed by atoms with E-state index in [-0.39, 0.29) is 11.3 Å². The van der Waals surface area contributed by atoms with Crippen LogP contribution in [0.25, 0.3) is 0 Å². The average molecular weight is 247 g/mol. The standard InChI is InChI=1S/C12H13N3O3/c13-7-9-6-11(15(16)17)3-4-12(9)18-8-10-2-1-5-14-10/h3-4,6,10,14H,1-2,5,8H2. The van der Waals surface area contributed by atoms with Crippen molar-refractivity contribution in [2.24, 2.45) is 0 Å². The summed E-state index contributed by atoms with van der Waals surface area (Å²) in [6.45, 7) is 1.46. The van der Waals surface area contributed by atoms with Crippen molar-refractivity contribution in [3.05, 3.63) is 33.9 Å². The van der Waals surface area contributed by atoms with Crippen LogP contribution in [0.2, 0.25) is 0 Å². The molecule has 94 valence electrons. The van der Waals surface area contributed by atoms with Gasteiger partial charge in [0.15, 0.2) is 0 Å². The van der Waals surface area contributed by atoms with Crippen molar-refractivity contribution in [2.45, 2.75) is 18.9 Å². The molecule has 0 saturated carbocycles. The predicted molar refractivity (Wildman–Crippen MR) is 64.3 cm³/mol. The fraction of sp³-hybridized carbons (Fsp3) is 0.417. The van der Waals surface area contributed by atoms with Crippen LogP contribution >= 0.6 is 0 Å². The van der Waals surface area contributed by atoms with E-state index in [1.807, 2.05) is 6.07 Å². The molecule has 1 aliphatic heterocycles. The number of non-ortho nitro benzene ring substituents is 1. The second-order valence-electron chi connectivity index (χ2n) is 4.15. The van der Waals surface area contributed by atoms with E-state index in [9.17, 15) is 10.1 Å². The molecule has 1 aliphatic rings. The number of nitrogens with one attached hydrogen (secondary N) is 1. The molecule has 1 atom stereocenters. The van der Waals surface area contributed by atoms with Crippen LogP contribution in [-0.4, -0.2) is 24.1 Å². The molecule has 6 heteroatoms. The minimum Gasteiger partial charge on any atom is -0.491 e. The zero-order chi connectivity index (χ0) is 13.0. The topological polar surface area (TPSA) is 88.2 Å². The van der Waals surface area contributed by atoms with Gasteiger partial charge in [-0.25, -0.2) is 0 Å². The van der Waals surface area contributed by atoms with Crippen LogP contribution < -0.4 is 10.1 Å². The molecule has 18 heavy (non-hydrogen) atoms. The monoisotopic (exact) mass is 247 g/mol. The average Bonchev–Trinajstić information content (AvgIpc) is 2.89. The van der Waals surface area contributed by atoms with Gasteiger partial charge in [-0.3, -0.25) is 10.1 Å². The Balaban J connectivity index is 2.07. The van der Waals surface area contributed by atoms with Crippen molar-refractivity contribution in [2.75, 3.05) is 13.2 Å². The SMILES string of the molecule is N#Cc1cc([N+](=O)[O-])ccc1OCC1CCCN1. The van der Waals surface area contributed by atoms with Gasteiger partial charge in [-0.05, 0) is 25.5 Å². The largest absolute Gasteiger partial charge is 0.491 e. The summed E-state index contributed by atoms with van der Waals surface area (Å²) in [5, 5.41) is 22.8. The first kappa shape index (κ1) is 12.3. The molecule has 2 rings (SSSR count). The van der Waals surface area contributed by atoms with Gasteiger partial charge in [0.1, 0.15) is 24.0 Å². The summed E-state index contributed by atoms with van der Waals surface area (Å²) in [7, 11) is 0. The summed E-state index contributed by atoms with van der Waals surface area (Å²) >= 11 is 0. The number of hydrogen-bond donors (Lipinski definition) is 1. The molecule has 1 fully saturated rings. The molecule has 1 aromatic carbocycles. The van der Waals surface area contributed by atoms with E-state index in [1.54, 1.807) is 0 Å². The first-order chi connectivity index (χ1) is 8.70. The summed E-state index contributed by atoms with van der Waals surface area (Å²) in [4.78, 5) is 10.1. The Morgan fingerprint density at radius 2 is 2.44 bits per heavy atom. The fourth-order valence-corrected chi connectivity index (χ4v) is 1.93. The maximum Gasteiger partial charge on any atom is 0.271 e. The molecule has 0 radical (unpaired) electrons. The molecule has 1 N–H and O–H groups in total. The Kier molecular flexibility index (Phi) is 3.75. The minimum atomic E-state index is -0.525. The van der Waals surface area contributed by atoms with Crippen LogP contribution in [0.5, 0.6) is 5.75 Å². The summed E-state index contributed by atoms with van der Waals surface area (Å²) < 4.78 is 5.54. The van der Waals surface area contributed by atoms with Crippen LogP contribution in [0, 0.1) is 21.4 Å². The number of rotatable bonds is 4. The van der Waals surface area contributed by atoms with Crippen LogP contribution in [0.1, 0.15) is 18.4 Å². The maximum atomic E-state index is 10.6. The van der Waals surface area contributed by atoms with Gasteiger partial charge in [-0.15, -0.1) is 0 Å². The van der Waals surface area contributed by atoms with Gasteiger partial charge in [0.2, 0.25) is 0 Å². The van der Waals surface area contributed by atoms with Gasteiger partial charge in [-0.1, -0.05) is 0 Å². The number of nitro groups is 1. The number of nitriles is 1. The molecule has 0 bridgehead atoms. The molecular weight excluding hydrogens is 234 g/mol. The van der Waals surface area contributed by atoms with E-state index < -0.39 is 4.92 Å². The molecule has 1 aromatic rings. The molecule has 0 aromatic heterocycles. The molecule has 0 aliphatic carbocycles. The van der Waals surface area contributed by atoms with Gasteiger partial charge >= 0.3 is 0 Å². The second kappa shape index (κ2) is 5.47. The maximum absolute atomic E-state index is 10.6. The third kappa shape index (κ3) is 2.76. The lowest BCUT2D eigenvalue weighted by atomic mass is 10.2. The van der Waals surface area contributed by atoms with E-state index in [2.05, 4.69) is 5.32 Å². The Hall–Kier alpha value is -2.13. The van der Waals surface area contributed by atoms with E-state index in [1.165, 1.54) is 18.2 Å². The lowest BCUT2D eigenvalue weighted by Gasteiger charge is -2.12. The molecule has 1 heterocycles. The van der Waals surface area contributed by atoms with Gasteiger partial charge in [0.05, 0.1) is 4.92 Å². The van der Waals surface area contributed by atoms with Gasteiger partial charge < -0.3 is 10.1 Å². The van der Waals surface area contributed by atoms with Gasteiger partial charge in [0.25, 0.3) is 5.69 Å². The van der Waals surface area contributed by atoms with Crippen LogP contribution in [-0.2, 0) is 0 Å². The normalized spacial score (nSPS) is 18.3. The van der Waals surface area contributed by atoms with Crippen molar-refractivity contribution in [1.82, 2.24) is 5.32 Å². The molecule has 6 nitrogen and oxygen atoms in total. The third-order valence-electron chi connectivity index (χ3n) is 2.90. The van der Waals surface area contributed by atoms with E-state index in [0.717, 1.165) is 19.4 Å². The second-order valence-corrected chi connectivity index (χ2v) is 4.15. The number of benzene rings is 1. The summed E-state index contributed by atoms with van der Waals surface area (Å²) in [5.74, 6) is 0.400. The molecular formula is C12H13N3O3. The highest BCUT2D eigenvalue weighted by atomic mass is 16.6. The summed E-state index contributed by atoms with van der Waals surface area (Å²) in [6.07, 6.45) is 2.17. The lowest BCUT2D eigenvalue weighted by molar-refractivity contribution is -0.384. The van der Waals surface area contributed by atoms with Crippen molar-refractivity contribution >= 4 is 5.69 Å². The Morgan fingerprint density at radius 3 is 3.06 bits per heavy atom. The van der Waals surface area contributed by atoms with Crippen molar-refractivity contribution in [3.63, 3.8) is 0 Å². The highest BCUT2D eigenvalue weighted by molar-refractivity contribution is 5.50. The Bertz CT molecular complexity index is 490. The zero-order valence-electron chi connectivity index (χ0n) is 9.76. The van der Waals surface area contributed by atoms with Crippen molar-refractivity contribution in [3.8, 4) is 11.8 Å².